The number of imidazole rings is 1. The summed E-state index contributed by atoms with van der Waals surface area (Å²) in [5.41, 5.74) is 1.40. The van der Waals surface area contributed by atoms with Crippen molar-refractivity contribution in [1.29, 1.82) is 0 Å². The number of hydrogen-bond acceptors (Lipinski definition) is 5. The van der Waals surface area contributed by atoms with Gasteiger partial charge in [-0.2, -0.15) is 0 Å². The quantitative estimate of drug-likeness (QED) is 0.461. The van der Waals surface area contributed by atoms with Crippen LogP contribution in [0.3, 0.4) is 0 Å². The number of hydrogen-bond donors (Lipinski definition) is 1. The topological polar surface area (TPSA) is 89.4 Å². The molecule has 0 bridgehead atoms. The molecule has 1 fully saturated rings. The number of ether oxygens (including phenoxy) is 1. The molecule has 0 aliphatic carbocycles. The van der Waals surface area contributed by atoms with E-state index in [-0.39, 0.29) is 35.0 Å². The van der Waals surface area contributed by atoms with Crippen molar-refractivity contribution in [1.82, 2.24) is 19.4 Å². The van der Waals surface area contributed by atoms with E-state index in [4.69, 9.17) is 11.6 Å². The van der Waals surface area contributed by atoms with Gasteiger partial charge >= 0.3 is 6.36 Å². The first-order valence-corrected chi connectivity index (χ1v) is 11.6. The third kappa shape index (κ3) is 5.62. The number of pyridine rings is 1. The minimum absolute atomic E-state index is 0.0367. The number of nitrogens with zero attached hydrogens (tertiary/aromatic N) is 4. The first-order chi connectivity index (χ1) is 17.1. The van der Waals surface area contributed by atoms with Crippen LogP contribution >= 0.6 is 11.6 Å². The molecule has 1 saturated heterocycles. The molecule has 0 radical (unpaired) electrons. The van der Waals surface area contributed by atoms with Crippen LogP contribution in [-0.4, -0.2) is 50.7 Å². The van der Waals surface area contributed by atoms with Gasteiger partial charge in [0.2, 0.25) is 11.9 Å². The summed E-state index contributed by atoms with van der Waals surface area (Å²) in [5.74, 6) is -1.16. The number of anilines is 1. The Kier molecular flexibility index (Phi) is 7.21. The van der Waals surface area contributed by atoms with E-state index in [9.17, 15) is 22.8 Å². The minimum Gasteiger partial charge on any atom is -0.406 e. The number of benzene rings is 1. The van der Waals surface area contributed by atoms with Gasteiger partial charge in [-0.05, 0) is 44.4 Å². The second kappa shape index (κ2) is 10.2. The fourth-order valence-electron chi connectivity index (χ4n) is 4.31. The molecule has 2 amide bonds. The monoisotopic (exact) mass is 521 g/mol. The summed E-state index contributed by atoms with van der Waals surface area (Å²) in [5, 5.41) is 2.72. The predicted octanol–water partition coefficient (Wildman–Crippen LogP) is 5.28. The summed E-state index contributed by atoms with van der Waals surface area (Å²) in [4.78, 5) is 35.5. The molecule has 0 unspecified atom stereocenters. The van der Waals surface area contributed by atoms with Gasteiger partial charge in [0, 0.05) is 42.7 Å². The lowest BCUT2D eigenvalue weighted by Crippen LogP contribution is -2.34. The number of carbonyl (C=O) groups excluding carboxylic acids is 2. The van der Waals surface area contributed by atoms with Crippen LogP contribution < -0.4 is 10.1 Å². The van der Waals surface area contributed by atoms with Crippen LogP contribution in [0, 0.1) is 6.92 Å². The van der Waals surface area contributed by atoms with Crippen molar-refractivity contribution in [2.75, 3.05) is 18.4 Å². The summed E-state index contributed by atoms with van der Waals surface area (Å²) in [6, 6.07) is 4.94. The highest BCUT2D eigenvalue weighted by molar-refractivity contribution is 6.35. The Bertz CT molecular complexity index is 1320. The Hall–Kier alpha value is -3.60. The average Bonchev–Trinajstić information content (AvgIpc) is 2.98. The third-order valence-electron chi connectivity index (χ3n) is 5.83. The first-order valence-electron chi connectivity index (χ1n) is 11.2. The van der Waals surface area contributed by atoms with Crippen LogP contribution in [0.2, 0.25) is 5.02 Å². The maximum Gasteiger partial charge on any atom is 0.573 e. The van der Waals surface area contributed by atoms with Gasteiger partial charge in [0.15, 0.2) is 0 Å². The van der Waals surface area contributed by atoms with E-state index in [2.05, 4.69) is 26.6 Å². The minimum atomic E-state index is -4.91. The molecule has 1 aromatic carbocycles. The lowest BCUT2D eigenvalue weighted by atomic mass is 10.1. The molecule has 0 saturated carbocycles. The predicted molar refractivity (Wildman–Crippen MR) is 128 cm³/mol. The number of carbonyl (C=O) groups is 2. The van der Waals surface area contributed by atoms with Crippen molar-refractivity contribution < 1.29 is 27.5 Å². The third-order valence-corrected chi connectivity index (χ3v) is 6.12. The summed E-state index contributed by atoms with van der Waals surface area (Å²) in [7, 11) is 0. The zero-order valence-electron chi connectivity index (χ0n) is 19.3. The van der Waals surface area contributed by atoms with E-state index in [0.717, 1.165) is 25.0 Å². The number of aromatic nitrogens is 3. The van der Waals surface area contributed by atoms with Crippen molar-refractivity contribution >= 4 is 40.4 Å². The number of rotatable bonds is 5. The second-order valence-electron chi connectivity index (χ2n) is 8.40. The van der Waals surface area contributed by atoms with Crippen molar-refractivity contribution in [2.24, 2.45) is 0 Å². The Labute approximate surface area is 209 Å². The summed E-state index contributed by atoms with van der Waals surface area (Å²) in [6.07, 6.45) is -0.0258. The Morgan fingerprint density at radius 3 is 2.75 bits per heavy atom. The summed E-state index contributed by atoms with van der Waals surface area (Å²) >= 11 is 6.44. The van der Waals surface area contributed by atoms with Crippen LogP contribution in [0.1, 0.15) is 41.4 Å². The molecule has 1 aliphatic rings. The lowest BCUT2D eigenvalue weighted by molar-refractivity contribution is -0.274. The smallest absolute Gasteiger partial charge is 0.406 e. The van der Waals surface area contributed by atoms with Crippen molar-refractivity contribution in [3.63, 3.8) is 0 Å². The molecule has 1 aliphatic heterocycles. The standard InChI is InChI=1S/C24H23ClF3N5O3/c1-3-20(34)32-9-5-4-6-16(13-32)33-21-18(25)11-17(36-24(26,27)28)12-19(21)30-23(33)31-22(35)15-7-8-29-14(2)10-15/h3,7-8,10-12,16H,1,4-6,9,13H2,2H3,(H,30,31,35)/t16-/m1/s1. The highest BCUT2D eigenvalue weighted by Crippen LogP contribution is 2.37. The molecule has 190 valence electrons. The maximum atomic E-state index is 13.0. The molecule has 36 heavy (non-hydrogen) atoms. The number of fused-ring (bicyclic) bond motifs is 1. The second-order valence-corrected chi connectivity index (χ2v) is 8.81. The molecule has 8 nitrogen and oxygen atoms in total. The van der Waals surface area contributed by atoms with Crippen molar-refractivity contribution in [3.05, 3.63) is 59.4 Å². The number of halogens is 4. The fourth-order valence-corrected chi connectivity index (χ4v) is 4.61. The van der Waals surface area contributed by atoms with Crippen molar-refractivity contribution in [3.8, 4) is 5.75 Å². The van der Waals surface area contributed by atoms with Crippen molar-refractivity contribution in [2.45, 2.75) is 38.6 Å². The molecular formula is C24H23ClF3N5O3. The number of likely N-dealkylation sites (tertiary alicyclic amines) is 1. The van der Waals surface area contributed by atoms with E-state index in [0.29, 0.717) is 29.7 Å². The molecule has 4 rings (SSSR count). The Morgan fingerprint density at radius 1 is 1.28 bits per heavy atom. The van der Waals surface area contributed by atoms with Crippen LogP contribution in [0.4, 0.5) is 19.1 Å². The normalized spacial score (nSPS) is 16.5. The van der Waals surface area contributed by atoms with E-state index < -0.39 is 18.0 Å². The van der Waals surface area contributed by atoms with Crippen LogP contribution in [0.25, 0.3) is 11.0 Å². The zero-order valence-corrected chi connectivity index (χ0v) is 20.1. The largest absolute Gasteiger partial charge is 0.573 e. The van der Waals surface area contributed by atoms with Gasteiger partial charge in [-0.25, -0.2) is 4.98 Å². The highest BCUT2D eigenvalue weighted by Gasteiger charge is 2.33. The molecule has 1 atom stereocenters. The molecule has 12 heteroatoms. The van der Waals surface area contributed by atoms with Gasteiger partial charge in [0.05, 0.1) is 22.1 Å². The summed E-state index contributed by atoms with van der Waals surface area (Å²) in [6.45, 7) is 6.11. The number of amides is 2. The van der Waals surface area contributed by atoms with Gasteiger partial charge < -0.3 is 14.2 Å². The highest BCUT2D eigenvalue weighted by atomic mass is 35.5. The molecular weight excluding hydrogens is 499 g/mol. The van der Waals surface area contributed by atoms with Gasteiger partial charge in [-0.3, -0.25) is 19.9 Å². The van der Waals surface area contributed by atoms with E-state index in [1.165, 1.54) is 18.3 Å². The molecule has 3 heterocycles. The molecule has 1 N–H and O–H groups in total. The SMILES string of the molecule is C=CC(=O)N1CCCC[C@@H](n2c(NC(=O)c3ccnc(C)c3)nc3cc(OC(F)(F)F)cc(Cl)c32)C1. The van der Waals surface area contributed by atoms with Crippen LogP contribution in [0.15, 0.2) is 43.1 Å². The maximum absolute atomic E-state index is 13.0. The average molecular weight is 522 g/mol. The van der Waals surface area contributed by atoms with Gasteiger partial charge in [0.1, 0.15) is 5.75 Å². The molecule has 0 spiro atoms. The van der Waals surface area contributed by atoms with Crippen LogP contribution in [-0.2, 0) is 4.79 Å². The van der Waals surface area contributed by atoms with Gasteiger partial charge in [0.25, 0.3) is 5.91 Å². The first kappa shape index (κ1) is 25.5. The lowest BCUT2D eigenvalue weighted by Gasteiger charge is -2.26. The van der Waals surface area contributed by atoms with E-state index in [1.54, 1.807) is 22.5 Å². The summed E-state index contributed by atoms with van der Waals surface area (Å²) < 4.78 is 44.2. The van der Waals surface area contributed by atoms with Gasteiger partial charge in [-0.1, -0.05) is 18.2 Å². The number of nitrogens with one attached hydrogen (secondary N) is 1. The number of alkyl halides is 3. The fraction of sp³-hybridized carbons (Fsp3) is 0.333. The Morgan fingerprint density at radius 2 is 2.06 bits per heavy atom. The van der Waals surface area contributed by atoms with E-state index in [1.807, 2.05) is 0 Å². The van der Waals surface area contributed by atoms with Gasteiger partial charge in [-0.15, -0.1) is 13.2 Å². The molecule has 2 aromatic heterocycles. The molecule has 3 aromatic rings. The zero-order chi connectivity index (χ0) is 26.0. The van der Waals surface area contributed by atoms with E-state index >= 15 is 0 Å². The Balaban J connectivity index is 1.82. The van der Waals surface area contributed by atoms with Crippen LogP contribution in [0.5, 0.6) is 5.75 Å². The number of aryl methyl sites for hydroxylation is 1.